The number of aromatic amines is 1. The van der Waals surface area contributed by atoms with Crippen LogP contribution in [0.4, 0.5) is 0 Å². The van der Waals surface area contributed by atoms with Gasteiger partial charge in [0.2, 0.25) is 0 Å². The summed E-state index contributed by atoms with van der Waals surface area (Å²) in [7, 11) is -3.12. The number of nitrogens with zero attached hydrogens (tertiary/aromatic N) is 3. The normalized spacial score (nSPS) is 28.5. The van der Waals surface area contributed by atoms with Crippen molar-refractivity contribution in [3.63, 3.8) is 0 Å². The lowest BCUT2D eigenvalue weighted by Crippen LogP contribution is -2.61. The molecule has 26 heavy (non-hydrogen) atoms. The third-order valence-corrected chi connectivity index (χ3v) is 7.50. The molecule has 0 aromatic carbocycles. The zero-order valence-corrected chi connectivity index (χ0v) is 16.6. The molecule has 8 heteroatoms. The molecule has 0 radical (unpaired) electrons. The first-order valence-electron chi connectivity index (χ1n) is 9.57. The summed E-state index contributed by atoms with van der Waals surface area (Å²) in [5.74, 6) is 1.04. The Morgan fingerprint density at radius 3 is 2.58 bits per heavy atom. The Morgan fingerprint density at radius 2 is 1.92 bits per heavy atom. The number of carbonyl (C=O) groups excluding carboxylic acids is 1. The van der Waals surface area contributed by atoms with E-state index in [0.717, 1.165) is 37.3 Å². The van der Waals surface area contributed by atoms with E-state index in [1.807, 2.05) is 11.8 Å². The fraction of sp³-hybridized carbons (Fsp3) is 0.778. The van der Waals surface area contributed by atoms with Crippen molar-refractivity contribution in [1.82, 2.24) is 20.0 Å². The maximum Gasteiger partial charge on any atom is 0.257 e. The van der Waals surface area contributed by atoms with Crippen LogP contribution in [0, 0.1) is 12.8 Å². The SMILES string of the molecule is Cc1[nH]nc(C2CC2)c1C(=O)N1CCN(CC(C)C)[C@@H]2CS(=O)(=O)C[C@@H]21. The molecule has 3 heterocycles. The molecule has 1 saturated carbocycles. The third kappa shape index (κ3) is 3.17. The summed E-state index contributed by atoms with van der Waals surface area (Å²) in [5.41, 5.74) is 2.33. The van der Waals surface area contributed by atoms with Gasteiger partial charge in [-0.3, -0.25) is 14.8 Å². The number of amides is 1. The molecule has 0 spiro atoms. The molecule has 3 aliphatic rings. The van der Waals surface area contributed by atoms with Crippen LogP contribution in [-0.4, -0.2) is 77.5 Å². The van der Waals surface area contributed by atoms with Crippen LogP contribution in [0.2, 0.25) is 0 Å². The van der Waals surface area contributed by atoms with Crippen LogP contribution in [0.5, 0.6) is 0 Å². The monoisotopic (exact) mass is 380 g/mol. The van der Waals surface area contributed by atoms with Gasteiger partial charge in [-0.25, -0.2) is 8.42 Å². The summed E-state index contributed by atoms with van der Waals surface area (Å²) >= 11 is 0. The van der Waals surface area contributed by atoms with Gasteiger partial charge in [-0.1, -0.05) is 13.8 Å². The van der Waals surface area contributed by atoms with E-state index >= 15 is 0 Å². The molecule has 7 nitrogen and oxygen atoms in total. The molecule has 2 saturated heterocycles. The number of fused-ring (bicyclic) bond motifs is 1. The van der Waals surface area contributed by atoms with Crippen molar-refractivity contribution in [3.8, 4) is 0 Å². The highest BCUT2D eigenvalue weighted by molar-refractivity contribution is 7.91. The lowest BCUT2D eigenvalue weighted by molar-refractivity contribution is 0.0295. The molecule has 1 aromatic rings. The van der Waals surface area contributed by atoms with Crippen LogP contribution >= 0.6 is 0 Å². The van der Waals surface area contributed by atoms with Crippen molar-refractivity contribution >= 4 is 15.7 Å². The van der Waals surface area contributed by atoms with Gasteiger partial charge in [0.25, 0.3) is 5.91 Å². The lowest BCUT2D eigenvalue weighted by atomic mass is 10.0. The molecule has 4 rings (SSSR count). The number of rotatable bonds is 4. The van der Waals surface area contributed by atoms with E-state index in [9.17, 15) is 13.2 Å². The van der Waals surface area contributed by atoms with Gasteiger partial charge in [-0.05, 0) is 25.7 Å². The average Bonchev–Trinajstić information content (AvgIpc) is 3.23. The second-order valence-corrected chi connectivity index (χ2v) is 10.6. The predicted molar refractivity (Wildman–Crippen MR) is 99.0 cm³/mol. The number of aryl methyl sites for hydroxylation is 1. The molecule has 2 aliphatic heterocycles. The van der Waals surface area contributed by atoms with Gasteiger partial charge in [0.1, 0.15) is 0 Å². The Hall–Kier alpha value is -1.41. The highest BCUT2D eigenvalue weighted by Gasteiger charge is 2.49. The maximum atomic E-state index is 13.4. The second-order valence-electron chi connectivity index (χ2n) is 8.48. The molecule has 1 N–H and O–H groups in total. The number of aromatic nitrogens is 2. The van der Waals surface area contributed by atoms with Gasteiger partial charge in [0.05, 0.1) is 28.8 Å². The van der Waals surface area contributed by atoms with Gasteiger partial charge >= 0.3 is 0 Å². The topological polar surface area (TPSA) is 86.4 Å². The molecule has 1 aromatic heterocycles. The molecule has 2 atom stereocenters. The average molecular weight is 381 g/mol. The van der Waals surface area contributed by atoms with E-state index in [1.165, 1.54) is 0 Å². The summed E-state index contributed by atoms with van der Waals surface area (Å²) in [4.78, 5) is 17.5. The minimum atomic E-state index is -3.12. The van der Waals surface area contributed by atoms with Crippen LogP contribution < -0.4 is 0 Å². The van der Waals surface area contributed by atoms with Crippen molar-refractivity contribution in [1.29, 1.82) is 0 Å². The minimum Gasteiger partial charge on any atom is -0.332 e. The van der Waals surface area contributed by atoms with Crippen molar-refractivity contribution in [2.45, 2.75) is 51.6 Å². The first-order valence-corrected chi connectivity index (χ1v) is 11.4. The summed E-state index contributed by atoms with van der Waals surface area (Å²) in [5, 5.41) is 7.32. The van der Waals surface area contributed by atoms with Crippen molar-refractivity contribution in [2.24, 2.45) is 5.92 Å². The molecular formula is C18H28N4O3S. The molecule has 0 unspecified atom stereocenters. The van der Waals surface area contributed by atoms with Gasteiger partial charge in [0, 0.05) is 37.3 Å². The van der Waals surface area contributed by atoms with Crippen LogP contribution in [0.1, 0.15) is 54.4 Å². The molecule has 0 bridgehead atoms. The summed E-state index contributed by atoms with van der Waals surface area (Å²) in [6.45, 7) is 8.35. The zero-order chi connectivity index (χ0) is 18.6. The standard InChI is InChI=1S/C18H28N4O3S/c1-11(2)8-21-6-7-22(15-10-26(24,25)9-14(15)21)18(23)16-12(3)19-20-17(16)13-4-5-13/h11,13-15H,4-10H2,1-3H3,(H,19,20)/t14-,15+/m1/s1. The summed E-state index contributed by atoms with van der Waals surface area (Å²) in [6.07, 6.45) is 2.15. The fourth-order valence-corrected chi connectivity index (χ4v) is 6.50. The fourth-order valence-electron chi connectivity index (χ4n) is 4.49. The Labute approximate surface area is 155 Å². The number of piperazine rings is 1. The third-order valence-electron chi connectivity index (χ3n) is 5.80. The first kappa shape index (κ1) is 18.0. The Kier molecular flexibility index (Phi) is 4.38. The van der Waals surface area contributed by atoms with E-state index in [-0.39, 0.29) is 29.5 Å². The zero-order valence-electron chi connectivity index (χ0n) is 15.7. The van der Waals surface area contributed by atoms with Crippen LogP contribution in [0.15, 0.2) is 0 Å². The summed E-state index contributed by atoms with van der Waals surface area (Å²) < 4.78 is 24.7. The van der Waals surface area contributed by atoms with Gasteiger partial charge in [0.15, 0.2) is 9.84 Å². The Morgan fingerprint density at radius 1 is 1.23 bits per heavy atom. The van der Waals surface area contributed by atoms with E-state index < -0.39 is 9.84 Å². The number of sulfone groups is 1. The minimum absolute atomic E-state index is 0.0468. The maximum absolute atomic E-state index is 13.4. The van der Waals surface area contributed by atoms with E-state index in [2.05, 4.69) is 28.9 Å². The number of hydrogen-bond acceptors (Lipinski definition) is 5. The molecular weight excluding hydrogens is 352 g/mol. The molecule has 3 fully saturated rings. The van der Waals surface area contributed by atoms with Crippen LogP contribution in [0.3, 0.4) is 0 Å². The largest absolute Gasteiger partial charge is 0.332 e. The smallest absolute Gasteiger partial charge is 0.257 e. The number of H-pyrrole nitrogens is 1. The Balaban J connectivity index is 1.63. The first-order chi connectivity index (χ1) is 12.3. The Bertz CT molecular complexity index is 812. The van der Waals surface area contributed by atoms with Crippen LogP contribution in [0.25, 0.3) is 0 Å². The van der Waals surface area contributed by atoms with Crippen molar-refractivity contribution < 1.29 is 13.2 Å². The molecule has 1 amide bonds. The number of nitrogens with one attached hydrogen (secondary N) is 1. The second kappa shape index (κ2) is 6.34. The molecule has 1 aliphatic carbocycles. The van der Waals surface area contributed by atoms with Gasteiger partial charge < -0.3 is 4.90 Å². The van der Waals surface area contributed by atoms with Gasteiger partial charge in [-0.15, -0.1) is 0 Å². The lowest BCUT2D eigenvalue weighted by Gasteiger charge is -2.44. The van der Waals surface area contributed by atoms with Crippen molar-refractivity contribution in [2.75, 3.05) is 31.1 Å². The van der Waals surface area contributed by atoms with E-state index in [1.54, 1.807) is 0 Å². The summed E-state index contributed by atoms with van der Waals surface area (Å²) in [6, 6.07) is -0.335. The van der Waals surface area contributed by atoms with Gasteiger partial charge in [-0.2, -0.15) is 5.10 Å². The highest BCUT2D eigenvalue weighted by Crippen LogP contribution is 2.42. The quantitative estimate of drug-likeness (QED) is 0.847. The van der Waals surface area contributed by atoms with Crippen molar-refractivity contribution in [3.05, 3.63) is 17.0 Å². The van der Waals surface area contributed by atoms with E-state index in [0.29, 0.717) is 23.9 Å². The highest BCUT2D eigenvalue weighted by atomic mass is 32.2. The van der Waals surface area contributed by atoms with Crippen LogP contribution in [-0.2, 0) is 9.84 Å². The van der Waals surface area contributed by atoms with E-state index in [4.69, 9.17) is 0 Å². The predicted octanol–water partition coefficient (Wildman–Crippen LogP) is 1.17. The molecule has 144 valence electrons. The number of carbonyl (C=O) groups is 1. The number of hydrogen-bond donors (Lipinski definition) is 1.